The fourth-order valence-electron chi connectivity index (χ4n) is 1.77. The summed E-state index contributed by atoms with van der Waals surface area (Å²) >= 11 is 0. The summed E-state index contributed by atoms with van der Waals surface area (Å²) in [5.74, 6) is 0.709. The van der Waals surface area contributed by atoms with Crippen LogP contribution in [-0.4, -0.2) is 25.3 Å². The van der Waals surface area contributed by atoms with E-state index in [1.165, 1.54) is 25.7 Å². The van der Waals surface area contributed by atoms with Crippen LogP contribution in [0.5, 0.6) is 0 Å². The zero-order valence-electron chi connectivity index (χ0n) is 11.9. The molecule has 2 unspecified atom stereocenters. The predicted molar refractivity (Wildman–Crippen MR) is 71.9 cm³/mol. The number of hydrogen-bond donors (Lipinski definition) is 1. The van der Waals surface area contributed by atoms with Crippen LogP contribution in [0.1, 0.15) is 60.3 Å². The lowest BCUT2D eigenvalue weighted by Crippen LogP contribution is -2.24. The highest BCUT2D eigenvalue weighted by Crippen LogP contribution is 2.08. The molecular formula is C14H31NO. The first kappa shape index (κ1) is 15.9. The van der Waals surface area contributed by atoms with Crippen LogP contribution in [0, 0.1) is 5.92 Å². The predicted octanol–water partition coefficient (Wildman–Crippen LogP) is 3.61. The van der Waals surface area contributed by atoms with Crippen molar-refractivity contribution in [2.75, 3.05) is 13.2 Å². The Morgan fingerprint density at radius 3 is 2.31 bits per heavy atom. The molecule has 2 atom stereocenters. The van der Waals surface area contributed by atoms with E-state index in [0.29, 0.717) is 18.1 Å². The number of rotatable bonds is 10. The Morgan fingerprint density at radius 1 is 1.06 bits per heavy atom. The third-order valence-corrected chi connectivity index (χ3v) is 2.79. The highest BCUT2D eigenvalue weighted by atomic mass is 16.5. The summed E-state index contributed by atoms with van der Waals surface area (Å²) in [7, 11) is 0. The zero-order valence-corrected chi connectivity index (χ0v) is 11.9. The first-order chi connectivity index (χ1) is 7.56. The van der Waals surface area contributed by atoms with Gasteiger partial charge in [0.05, 0.1) is 6.10 Å². The van der Waals surface area contributed by atoms with Crippen LogP contribution >= 0.6 is 0 Å². The molecule has 0 aromatic heterocycles. The van der Waals surface area contributed by atoms with Crippen molar-refractivity contribution >= 4 is 0 Å². The largest absolute Gasteiger partial charge is 0.378 e. The van der Waals surface area contributed by atoms with E-state index in [0.717, 1.165) is 13.2 Å². The van der Waals surface area contributed by atoms with Gasteiger partial charge in [0.15, 0.2) is 0 Å². The first-order valence-corrected chi connectivity index (χ1v) is 6.91. The van der Waals surface area contributed by atoms with Crippen molar-refractivity contribution in [3.8, 4) is 0 Å². The van der Waals surface area contributed by atoms with Gasteiger partial charge >= 0.3 is 0 Å². The van der Waals surface area contributed by atoms with Gasteiger partial charge in [0.25, 0.3) is 0 Å². The fraction of sp³-hybridized carbons (Fsp3) is 1.00. The minimum absolute atomic E-state index is 0.410. The maximum atomic E-state index is 5.84. The van der Waals surface area contributed by atoms with Gasteiger partial charge in [-0.3, -0.25) is 0 Å². The van der Waals surface area contributed by atoms with Crippen LogP contribution in [-0.2, 0) is 4.74 Å². The second kappa shape index (κ2) is 10.1. The third kappa shape index (κ3) is 10.4. The molecule has 2 heteroatoms. The number of nitrogens with one attached hydrogen (secondary N) is 1. The maximum Gasteiger partial charge on any atom is 0.0547 e. The van der Waals surface area contributed by atoms with E-state index in [-0.39, 0.29) is 0 Å². The molecule has 0 spiro atoms. The highest BCUT2D eigenvalue weighted by Gasteiger charge is 2.06. The van der Waals surface area contributed by atoms with Crippen LogP contribution in [0.4, 0.5) is 0 Å². The molecular weight excluding hydrogens is 198 g/mol. The average Bonchev–Trinajstić information content (AvgIpc) is 2.22. The van der Waals surface area contributed by atoms with Crippen molar-refractivity contribution in [2.45, 2.75) is 72.4 Å². The Kier molecular flexibility index (Phi) is 10.0. The summed E-state index contributed by atoms with van der Waals surface area (Å²) in [5.41, 5.74) is 0. The molecule has 0 saturated carbocycles. The summed E-state index contributed by atoms with van der Waals surface area (Å²) in [6, 6.07) is 0.598. The quantitative estimate of drug-likeness (QED) is 0.578. The van der Waals surface area contributed by atoms with Gasteiger partial charge in [0.1, 0.15) is 0 Å². The minimum atomic E-state index is 0.410. The lowest BCUT2D eigenvalue weighted by Gasteiger charge is -2.17. The second-order valence-corrected chi connectivity index (χ2v) is 5.29. The van der Waals surface area contributed by atoms with Gasteiger partial charge in [-0.2, -0.15) is 0 Å². The van der Waals surface area contributed by atoms with Crippen LogP contribution in [0.2, 0.25) is 0 Å². The van der Waals surface area contributed by atoms with E-state index < -0.39 is 0 Å². The third-order valence-electron chi connectivity index (χ3n) is 2.79. The summed E-state index contributed by atoms with van der Waals surface area (Å²) < 4.78 is 5.84. The molecule has 0 aromatic carbocycles. The van der Waals surface area contributed by atoms with Crippen molar-refractivity contribution in [1.82, 2.24) is 5.32 Å². The van der Waals surface area contributed by atoms with E-state index in [4.69, 9.17) is 4.74 Å². The normalized spacial score (nSPS) is 15.4. The van der Waals surface area contributed by atoms with Gasteiger partial charge in [-0.15, -0.1) is 0 Å². The Labute approximate surface area is 102 Å². The van der Waals surface area contributed by atoms with Crippen LogP contribution in [0.25, 0.3) is 0 Å². The van der Waals surface area contributed by atoms with Crippen molar-refractivity contribution in [1.29, 1.82) is 0 Å². The Hall–Kier alpha value is -0.0800. The van der Waals surface area contributed by atoms with Crippen LogP contribution in [0.15, 0.2) is 0 Å². The van der Waals surface area contributed by atoms with E-state index >= 15 is 0 Å². The van der Waals surface area contributed by atoms with Gasteiger partial charge in [0, 0.05) is 12.6 Å². The Morgan fingerprint density at radius 2 is 1.75 bits per heavy atom. The second-order valence-electron chi connectivity index (χ2n) is 5.29. The Balaban J connectivity index is 3.33. The highest BCUT2D eigenvalue weighted by molar-refractivity contribution is 4.58. The lowest BCUT2D eigenvalue weighted by atomic mass is 10.1. The smallest absolute Gasteiger partial charge is 0.0547 e. The molecule has 0 aliphatic rings. The number of hydrogen-bond acceptors (Lipinski definition) is 2. The fourth-order valence-corrected chi connectivity index (χ4v) is 1.77. The SMILES string of the molecule is CCCC(C)COC(C)CCCNC(C)C. The molecule has 1 N–H and O–H groups in total. The molecule has 0 radical (unpaired) electrons. The summed E-state index contributed by atoms with van der Waals surface area (Å²) in [4.78, 5) is 0. The molecule has 0 aliphatic heterocycles. The zero-order chi connectivity index (χ0) is 12.4. The van der Waals surface area contributed by atoms with E-state index in [9.17, 15) is 0 Å². The maximum absolute atomic E-state index is 5.84. The summed E-state index contributed by atoms with van der Waals surface area (Å²) in [5, 5.41) is 3.43. The van der Waals surface area contributed by atoms with Gasteiger partial charge in [-0.05, 0) is 38.6 Å². The molecule has 0 aliphatic carbocycles. The molecule has 0 rings (SSSR count). The lowest BCUT2D eigenvalue weighted by molar-refractivity contribution is 0.0360. The first-order valence-electron chi connectivity index (χ1n) is 6.91. The van der Waals surface area contributed by atoms with E-state index in [2.05, 4.69) is 39.9 Å². The molecule has 0 saturated heterocycles. The average molecular weight is 229 g/mol. The topological polar surface area (TPSA) is 21.3 Å². The molecule has 2 nitrogen and oxygen atoms in total. The molecule has 0 heterocycles. The monoisotopic (exact) mass is 229 g/mol. The molecule has 98 valence electrons. The van der Waals surface area contributed by atoms with Crippen molar-refractivity contribution in [3.63, 3.8) is 0 Å². The Bertz CT molecular complexity index is 148. The van der Waals surface area contributed by atoms with E-state index in [1.54, 1.807) is 0 Å². The van der Waals surface area contributed by atoms with Gasteiger partial charge in [-0.1, -0.05) is 34.1 Å². The standard InChI is InChI=1S/C14H31NO/c1-6-8-13(4)11-16-14(5)9-7-10-15-12(2)3/h12-15H,6-11H2,1-5H3. The summed E-state index contributed by atoms with van der Waals surface area (Å²) in [6.07, 6.45) is 5.33. The van der Waals surface area contributed by atoms with Gasteiger partial charge in [0.2, 0.25) is 0 Å². The molecule has 0 aromatic rings. The molecule has 16 heavy (non-hydrogen) atoms. The number of ether oxygens (including phenoxy) is 1. The van der Waals surface area contributed by atoms with Gasteiger partial charge < -0.3 is 10.1 Å². The van der Waals surface area contributed by atoms with Gasteiger partial charge in [-0.25, -0.2) is 0 Å². The molecule has 0 bridgehead atoms. The van der Waals surface area contributed by atoms with Crippen LogP contribution in [0.3, 0.4) is 0 Å². The van der Waals surface area contributed by atoms with Crippen molar-refractivity contribution in [3.05, 3.63) is 0 Å². The molecule has 0 amide bonds. The minimum Gasteiger partial charge on any atom is -0.378 e. The van der Waals surface area contributed by atoms with E-state index in [1.807, 2.05) is 0 Å². The van der Waals surface area contributed by atoms with Crippen molar-refractivity contribution in [2.24, 2.45) is 5.92 Å². The summed E-state index contributed by atoms with van der Waals surface area (Å²) in [6.45, 7) is 13.1. The van der Waals surface area contributed by atoms with Crippen molar-refractivity contribution < 1.29 is 4.74 Å². The van der Waals surface area contributed by atoms with Crippen LogP contribution < -0.4 is 5.32 Å². The molecule has 0 fully saturated rings.